The van der Waals surface area contributed by atoms with Crippen LogP contribution in [-0.4, -0.2) is 35.5 Å². The van der Waals surface area contributed by atoms with Gasteiger partial charge in [0.15, 0.2) is 0 Å². The first-order valence-electron chi connectivity index (χ1n) is 10.1. The number of rotatable bonds is 8. The topological polar surface area (TPSA) is 58.6 Å². The summed E-state index contributed by atoms with van der Waals surface area (Å²) in [5.41, 5.74) is 1.90. The smallest absolute Gasteiger partial charge is 0.408 e. The van der Waals surface area contributed by atoms with Crippen molar-refractivity contribution in [3.05, 3.63) is 84.4 Å². The Bertz CT molecular complexity index is 807. The SMILES string of the molecule is C=CCC1CCCN1C(=O)[C@H](Cc1ccccc1)NC(=O)OCc1ccccc1. The van der Waals surface area contributed by atoms with Crippen LogP contribution in [0.1, 0.15) is 30.4 Å². The quantitative estimate of drug-likeness (QED) is 0.689. The lowest BCUT2D eigenvalue weighted by molar-refractivity contribution is -0.134. The molecule has 0 spiro atoms. The van der Waals surface area contributed by atoms with Crippen molar-refractivity contribution in [1.29, 1.82) is 0 Å². The summed E-state index contributed by atoms with van der Waals surface area (Å²) >= 11 is 0. The van der Waals surface area contributed by atoms with Crippen molar-refractivity contribution in [1.82, 2.24) is 10.2 Å². The molecule has 1 unspecified atom stereocenters. The molecular formula is C24H28N2O3. The summed E-state index contributed by atoms with van der Waals surface area (Å²) in [7, 11) is 0. The Kier molecular flexibility index (Phi) is 7.45. The van der Waals surface area contributed by atoms with Gasteiger partial charge in [0.05, 0.1) is 0 Å². The van der Waals surface area contributed by atoms with Gasteiger partial charge in [0.1, 0.15) is 12.6 Å². The lowest BCUT2D eigenvalue weighted by Gasteiger charge is -2.29. The normalized spacial score (nSPS) is 16.8. The van der Waals surface area contributed by atoms with Crippen LogP contribution in [-0.2, 0) is 22.6 Å². The van der Waals surface area contributed by atoms with E-state index in [0.29, 0.717) is 13.0 Å². The number of likely N-dealkylation sites (tertiary alicyclic amines) is 1. The molecule has 1 N–H and O–H groups in total. The monoisotopic (exact) mass is 392 g/mol. The molecule has 152 valence electrons. The van der Waals surface area contributed by atoms with Crippen molar-refractivity contribution in [3.8, 4) is 0 Å². The molecule has 2 aromatic carbocycles. The maximum absolute atomic E-state index is 13.3. The zero-order chi connectivity index (χ0) is 20.5. The lowest BCUT2D eigenvalue weighted by atomic mass is 10.0. The van der Waals surface area contributed by atoms with Gasteiger partial charge in [0.2, 0.25) is 5.91 Å². The second-order valence-corrected chi connectivity index (χ2v) is 7.30. The number of hydrogen-bond donors (Lipinski definition) is 1. The third kappa shape index (κ3) is 5.95. The van der Waals surface area contributed by atoms with E-state index in [-0.39, 0.29) is 18.6 Å². The van der Waals surface area contributed by atoms with Crippen molar-refractivity contribution in [2.75, 3.05) is 6.54 Å². The zero-order valence-electron chi connectivity index (χ0n) is 16.6. The molecule has 1 aliphatic rings. The molecule has 0 aliphatic carbocycles. The van der Waals surface area contributed by atoms with Gasteiger partial charge in [-0.3, -0.25) is 4.79 Å². The molecule has 0 aromatic heterocycles. The van der Waals surface area contributed by atoms with Gasteiger partial charge in [-0.05, 0) is 30.4 Å². The van der Waals surface area contributed by atoms with E-state index in [0.717, 1.165) is 30.4 Å². The minimum atomic E-state index is -0.661. The van der Waals surface area contributed by atoms with Crippen molar-refractivity contribution >= 4 is 12.0 Å². The van der Waals surface area contributed by atoms with E-state index in [9.17, 15) is 9.59 Å². The van der Waals surface area contributed by atoms with Crippen LogP contribution in [0.5, 0.6) is 0 Å². The second-order valence-electron chi connectivity index (χ2n) is 7.30. The first-order valence-corrected chi connectivity index (χ1v) is 10.1. The van der Waals surface area contributed by atoms with Crippen LogP contribution in [0.15, 0.2) is 73.3 Å². The van der Waals surface area contributed by atoms with E-state index in [1.807, 2.05) is 71.6 Å². The van der Waals surface area contributed by atoms with Gasteiger partial charge in [-0.1, -0.05) is 66.7 Å². The minimum absolute atomic E-state index is 0.0603. The molecule has 0 bridgehead atoms. The summed E-state index contributed by atoms with van der Waals surface area (Å²) < 4.78 is 5.35. The Balaban J connectivity index is 1.67. The molecule has 29 heavy (non-hydrogen) atoms. The fraction of sp³-hybridized carbons (Fsp3) is 0.333. The van der Waals surface area contributed by atoms with Crippen LogP contribution in [0.2, 0.25) is 0 Å². The molecule has 1 aliphatic heterocycles. The molecule has 1 saturated heterocycles. The molecule has 1 heterocycles. The minimum Gasteiger partial charge on any atom is -0.445 e. The van der Waals surface area contributed by atoms with E-state index in [1.54, 1.807) is 0 Å². The highest BCUT2D eigenvalue weighted by molar-refractivity contribution is 5.86. The molecular weight excluding hydrogens is 364 g/mol. The molecule has 1 fully saturated rings. The second kappa shape index (κ2) is 10.5. The average molecular weight is 392 g/mol. The predicted molar refractivity (Wildman–Crippen MR) is 113 cm³/mol. The first-order chi connectivity index (χ1) is 14.2. The van der Waals surface area contributed by atoms with Crippen molar-refractivity contribution in [2.45, 2.75) is 44.4 Å². The molecule has 3 rings (SSSR count). The summed E-state index contributed by atoms with van der Waals surface area (Å²) in [6.45, 7) is 4.68. The fourth-order valence-corrected chi connectivity index (χ4v) is 3.72. The number of hydrogen-bond acceptors (Lipinski definition) is 3. The average Bonchev–Trinajstić information content (AvgIpc) is 3.21. The maximum Gasteiger partial charge on any atom is 0.408 e. The summed E-state index contributed by atoms with van der Waals surface area (Å²) in [5, 5.41) is 2.80. The van der Waals surface area contributed by atoms with Crippen LogP contribution in [0.25, 0.3) is 0 Å². The van der Waals surface area contributed by atoms with Crippen LogP contribution >= 0.6 is 0 Å². The molecule has 0 radical (unpaired) electrons. The molecule has 0 saturated carbocycles. The van der Waals surface area contributed by atoms with Gasteiger partial charge in [0.25, 0.3) is 0 Å². The number of carbonyl (C=O) groups excluding carboxylic acids is 2. The highest BCUT2D eigenvalue weighted by Gasteiger charge is 2.33. The summed E-state index contributed by atoms with van der Waals surface area (Å²) in [6, 6.07) is 18.7. The first kappa shape index (κ1) is 20.6. The number of benzene rings is 2. The number of alkyl carbamates (subject to hydrolysis) is 1. The zero-order valence-corrected chi connectivity index (χ0v) is 16.6. The number of amides is 2. The standard InChI is InChI=1S/C24H28N2O3/c1-2-10-21-15-9-16-26(21)23(27)22(17-19-11-5-3-6-12-19)25-24(28)29-18-20-13-7-4-8-14-20/h2-8,11-14,21-22H,1,9-10,15-18H2,(H,25,28)/t21?,22-/m0/s1. The van der Waals surface area contributed by atoms with Crippen molar-refractivity contribution in [3.63, 3.8) is 0 Å². The summed E-state index contributed by atoms with van der Waals surface area (Å²) in [6.07, 6.45) is 4.40. The Hall–Kier alpha value is -3.08. The largest absolute Gasteiger partial charge is 0.445 e. The van der Waals surface area contributed by atoms with Gasteiger partial charge in [-0.2, -0.15) is 0 Å². The van der Waals surface area contributed by atoms with Gasteiger partial charge >= 0.3 is 6.09 Å². The van der Waals surface area contributed by atoms with E-state index in [4.69, 9.17) is 4.74 Å². The third-order valence-electron chi connectivity index (χ3n) is 5.18. The Morgan fingerprint density at radius 1 is 1.10 bits per heavy atom. The molecule has 2 atom stereocenters. The molecule has 5 nitrogen and oxygen atoms in total. The van der Waals surface area contributed by atoms with Crippen LogP contribution in [0.3, 0.4) is 0 Å². The predicted octanol–water partition coefficient (Wildman–Crippen LogP) is 4.09. The summed E-state index contributed by atoms with van der Waals surface area (Å²) in [4.78, 5) is 27.6. The highest BCUT2D eigenvalue weighted by atomic mass is 16.5. The molecule has 2 amide bonds. The molecule has 2 aromatic rings. The number of nitrogens with zero attached hydrogens (tertiary/aromatic N) is 1. The van der Waals surface area contributed by atoms with Crippen LogP contribution in [0, 0.1) is 0 Å². The van der Waals surface area contributed by atoms with E-state index >= 15 is 0 Å². The van der Waals surface area contributed by atoms with E-state index < -0.39 is 12.1 Å². The summed E-state index contributed by atoms with van der Waals surface area (Å²) in [5.74, 6) is -0.0603. The van der Waals surface area contributed by atoms with Crippen molar-refractivity contribution in [2.24, 2.45) is 0 Å². The van der Waals surface area contributed by atoms with Gasteiger partial charge < -0.3 is 15.0 Å². The fourth-order valence-electron chi connectivity index (χ4n) is 3.72. The number of ether oxygens (including phenoxy) is 1. The Morgan fingerprint density at radius 3 is 2.41 bits per heavy atom. The van der Waals surface area contributed by atoms with E-state index in [2.05, 4.69) is 11.9 Å². The van der Waals surface area contributed by atoms with Gasteiger partial charge in [-0.25, -0.2) is 4.79 Å². The number of carbonyl (C=O) groups is 2. The van der Waals surface area contributed by atoms with Crippen molar-refractivity contribution < 1.29 is 14.3 Å². The van der Waals surface area contributed by atoms with Gasteiger partial charge in [0, 0.05) is 19.0 Å². The van der Waals surface area contributed by atoms with Crippen LogP contribution < -0.4 is 5.32 Å². The maximum atomic E-state index is 13.3. The van der Waals surface area contributed by atoms with E-state index in [1.165, 1.54) is 0 Å². The Labute approximate surface area is 172 Å². The number of nitrogens with one attached hydrogen (secondary N) is 1. The molecule has 5 heteroatoms. The lowest BCUT2D eigenvalue weighted by Crippen LogP contribution is -2.51. The Morgan fingerprint density at radius 2 is 1.76 bits per heavy atom. The highest BCUT2D eigenvalue weighted by Crippen LogP contribution is 2.22. The third-order valence-corrected chi connectivity index (χ3v) is 5.18. The van der Waals surface area contributed by atoms with Crippen LogP contribution in [0.4, 0.5) is 4.79 Å². The van der Waals surface area contributed by atoms with Gasteiger partial charge in [-0.15, -0.1) is 6.58 Å².